The van der Waals surface area contributed by atoms with Crippen molar-refractivity contribution in [2.75, 3.05) is 17.4 Å². The summed E-state index contributed by atoms with van der Waals surface area (Å²) in [6, 6.07) is 10.7. The fourth-order valence-electron chi connectivity index (χ4n) is 3.71. The Morgan fingerprint density at radius 3 is 2.59 bits per heavy atom. The molecule has 2 aromatic carbocycles. The lowest BCUT2D eigenvalue weighted by Gasteiger charge is -2.45. The van der Waals surface area contributed by atoms with Crippen LogP contribution in [0.1, 0.15) is 49.8 Å². The minimum atomic E-state index is -0.414. The molecule has 142 valence electrons. The van der Waals surface area contributed by atoms with Gasteiger partial charge in [0, 0.05) is 30.4 Å². The maximum Gasteiger partial charge on any atom is 0.269 e. The zero-order chi connectivity index (χ0) is 19.8. The Morgan fingerprint density at radius 1 is 1.30 bits per heavy atom. The van der Waals surface area contributed by atoms with E-state index in [4.69, 9.17) is 0 Å². The molecule has 27 heavy (non-hydrogen) atoms. The van der Waals surface area contributed by atoms with Crippen LogP contribution in [0.4, 0.5) is 17.1 Å². The Balaban J connectivity index is 1.81. The summed E-state index contributed by atoms with van der Waals surface area (Å²) in [6.45, 7) is 8.93. The first-order chi connectivity index (χ1) is 12.7. The molecule has 1 aliphatic heterocycles. The van der Waals surface area contributed by atoms with Crippen LogP contribution in [0.5, 0.6) is 0 Å². The average Bonchev–Trinajstić information content (AvgIpc) is 2.61. The molecule has 0 saturated heterocycles. The number of nitrogens with one attached hydrogen (secondary N) is 1. The number of hydrazone groups is 1. The van der Waals surface area contributed by atoms with Crippen LogP contribution in [0, 0.1) is 17.0 Å². The van der Waals surface area contributed by atoms with Crippen LogP contribution in [0.25, 0.3) is 0 Å². The normalized spacial score (nSPS) is 18.4. The third-order valence-electron chi connectivity index (χ3n) is 5.50. The van der Waals surface area contributed by atoms with E-state index in [9.17, 15) is 10.1 Å². The van der Waals surface area contributed by atoms with Crippen molar-refractivity contribution in [3.05, 3.63) is 63.2 Å². The van der Waals surface area contributed by atoms with Crippen LogP contribution in [-0.4, -0.2) is 23.7 Å². The van der Waals surface area contributed by atoms with Gasteiger partial charge in [-0.3, -0.25) is 15.5 Å². The molecule has 1 aliphatic rings. The highest BCUT2D eigenvalue weighted by atomic mass is 16.6. The number of hydrogen-bond acceptors (Lipinski definition) is 5. The van der Waals surface area contributed by atoms with Gasteiger partial charge in [0.05, 0.1) is 16.8 Å². The fourth-order valence-corrected chi connectivity index (χ4v) is 3.71. The van der Waals surface area contributed by atoms with Gasteiger partial charge >= 0.3 is 0 Å². The third-order valence-corrected chi connectivity index (χ3v) is 5.50. The lowest BCUT2D eigenvalue weighted by molar-refractivity contribution is -0.384. The molecular weight excluding hydrogens is 340 g/mol. The molecule has 2 aromatic rings. The molecule has 0 bridgehead atoms. The zero-order valence-electron chi connectivity index (χ0n) is 16.5. The van der Waals surface area contributed by atoms with Gasteiger partial charge in [-0.15, -0.1) is 0 Å². The van der Waals surface area contributed by atoms with Crippen molar-refractivity contribution in [3.63, 3.8) is 0 Å². The van der Waals surface area contributed by atoms with Crippen molar-refractivity contribution < 1.29 is 4.92 Å². The van der Waals surface area contributed by atoms with Gasteiger partial charge in [-0.1, -0.05) is 6.92 Å². The van der Waals surface area contributed by atoms with Crippen LogP contribution < -0.4 is 10.3 Å². The minimum absolute atomic E-state index is 0.0658. The number of benzene rings is 2. The molecule has 0 saturated carbocycles. The summed E-state index contributed by atoms with van der Waals surface area (Å²) >= 11 is 0. The summed E-state index contributed by atoms with van der Waals surface area (Å²) in [7, 11) is 2.16. The van der Waals surface area contributed by atoms with E-state index >= 15 is 0 Å². The summed E-state index contributed by atoms with van der Waals surface area (Å²) in [5.41, 5.74) is 8.73. The van der Waals surface area contributed by atoms with Crippen LogP contribution >= 0.6 is 0 Å². The minimum Gasteiger partial charge on any atom is -0.369 e. The Kier molecular flexibility index (Phi) is 4.91. The molecule has 1 N–H and O–H groups in total. The Hall–Kier alpha value is -2.89. The second-order valence-electron chi connectivity index (χ2n) is 7.92. The SMILES string of the molecule is Cc1cc2c(cc1/C=N\Nc1ccc([N+](=O)[O-])cc1)[C@H](C)CC(C)(C)N2C. The largest absolute Gasteiger partial charge is 0.369 e. The molecule has 0 aliphatic carbocycles. The molecule has 0 spiro atoms. The number of nitrogens with zero attached hydrogens (tertiary/aromatic N) is 3. The van der Waals surface area contributed by atoms with E-state index in [-0.39, 0.29) is 11.2 Å². The topological polar surface area (TPSA) is 70.8 Å². The second-order valence-corrected chi connectivity index (χ2v) is 7.92. The Morgan fingerprint density at radius 2 is 1.96 bits per heavy atom. The number of nitro benzene ring substituents is 1. The summed E-state index contributed by atoms with van der Waals surface area (Å²) < 4.78 is 0. The van der Waals surface area contributed by atoms with Crippen molar-refractivity contribution in [1.29, 1.82) is 0 Å². The third kappa shape index (κ3) is 3.79. The summed E-state index contributed by atoms with van der Waals surface area (Å²) in [6.07, 6.45) is 2.92. The molecule has 3 rings (SSSR count). The molecule has 0 amide bonds. The number of aryl methyl sites for hydroxylation is 1. The number of anilines is 2. The van der Waals surface area contributed by atoms with E-state index in [1.807, 2.05) is 6.21 Å². The number of nitro groups is 1. The maximum atomic E-state index is 10.7. The van der Waals surface area contributed by atoms with Crippen molar-refractivity contribution in [1.82, 2.24) is 0 Å². The second kappa shape index (κ2) is 7.02. The van der Waals surface area contributed by atoms with Crippen molar-refractivity contribution in [2.45, 2.75) is 45.6 Å². The number of rotatable bonds is 4. The molecule has 0 fully saturated rings. The smallest absolute Gasteiger partial charge is 0.269 e. The Bertz CT molecular complexity index is 888. The zero-order valence-corrected chi connectivity index (χ0v) is 16.5. The van der Waals surface area contributed by atoms with Crippen molar-refractivity contribution in [3.8, 4) is 0 Å². The van der Waals surface area contributed by atoms with Crippen LogP contribution in [0.3, 0.4) is 0 Å². The summed E-state index contributed by atoms with van der Waals surface area (Å²) in [4.78, 5) is 12.7. The van der Waals surface area contributed by atoms with Crippen LogP contribution in [0.15, 0.2) is 41.5 Å². The van der Waals surface area contributed by atoms with Gasteiger partial charge in [-0.2, -0.15) is 5.10 Å². The number of hydrogen-bond donors (Lipinski definition) is 1. The highest BCUT2D eigenvalue weighted by molar-refractivity contribution is 5.84. The highest BCUT2D eigenvalue weighted by Crippen LogP contribution is 2.43. The molecular formula is C21H26N4O2. The lowest BCUT2D eigenvalue weighted by atomic mass is 9.79. The Labute approximate surface area is 160 Å². The van der Waals surface area contributed by atoms with E-state index in [2.05, 4.69) is 62.3 Å². The standard InChI is InChI=1S/C21H26N4O2/c1-14-10-20-19(15(2)12-21(3,4)24(20)5)11-16(14)13-22-23-17-6-8-18(9-7-17)25(26)27/h6-11,13,15,23H,12H2,1-5H3/b22-13-/t15-/m1/s1. The van der Waals surface area contributed by atoms with E-state index in [0.717, 1.165) is 12.0 Å². The summed E-state index contributed by atoms with van der Waals surface area (Å²) in [5, 5.41) is 15.0. The molecule has 1 heterocycles. The van der Waals surface area contributed by atoms with Gasteiger partial charge in [0.15, 0.2) is 0 Å². The van der Waals surface area contributed by atoms with Crippen LogP contribution in [0.2, 0.25) is 0 Å². The first-order valence-electron chi connectivity index (χ1n) is 9.11. The van der Waals surface area contributed by atoms with Gasteiger partial charge in [0.25, 0.3) is 5.69 Å². The molecule has 6 nitrogen and oxygen atoms in total. The van der Waals surface area contributed by atoms with E-state index in [1.165, 1.54) is 28.9 Å². The van der Waals surface area contributed by atoms with E-state index in [0.29, 0.717) is 11.6 Å². The average molecular weight is 366 g/mol. The highest BCUT2D eigenvalue weighted by Gasteiger charge is 2.34. The molecule has 0 radical (unpaired) electrons. The molecule has 6 heteroatoms. The first kappa shape index (κ1) is 18.9. The van der Waals surface area contributed by atoms with Gasteiger partial charge in [-0.25, -0.2) is 0 Å². The van der Waals surface area contributed by atoms with Crippen molar-refractivity contribution >= 4 is 23.3 Å². The maximum absolute atomic E-state index is 10.7. The van der Waals surface area contributed by atoms with E-state index in [1.54, 1.807) is 12.1 Å². The first-order valence-corrected chi connectivity index (χ1v) is 9.11. The van der Waals surface area contributed by atoms with Crippen molar-refractivity contribution in [2.24, 2.45) is 5.10 Å². The van der Waals surface area contributed by atoms with Crippen LogP contribution in [-0.2, 0) is 0 Å². The lowest BCUT2D eigenvalue weighted by Crippen LogP contribution is -2.45. The molecule has 1 atom stereocenters. The molecule has 0 aromatic heterocycles. The van der Waals surface area contributed by atoms with Gasteiger partial charge in [0.2, 0.25) is 0 Å². The fraction of sp³-hybridized carbons (Fsp3) is 0.381. The van der Waals surface area contributed by atoms with Gasteiger partial charge < -0.3 is 4.90 Å². The predicted octanol–water partition coefficient (Wildman–Crippen LogP) is 5.07. The quantitative estimate of drug-likeness (QED) is 0.466. The summed E-state index contributed by atoms with van der Waals surface area (Å²) in [5.74, 6) is 0.488. The number of non-ortho nitro benzene ring substituents is 1. The van der Waals surface area contributed by atoms with E-state index < -0.39 is 4.92 Å². The number of fused-ring (bicyclic) bond motifs is 1. The monoisotopic (exact) mass is 366 g/mol. The molecule has 0 unspecified atom stereocenters. The van der Waals surface area contributed by atoms with Gasteiger partial charge in [0.1, 0.15) is 0 Å². The van der Waals surface area contributed by atoms with Gasteiger partial charge in [-0.05, 0) is 74.1 Å². The predicted molar refractivity (Wildman–Crippen MR) is 111 cm³/mol.